The fourth-order valence-corrected chi connectivity index (χ4v) is 4.40. The summed E-state index contributed by atoms with van der Waals surface area (Å²) in [4.78, 5) is 23.5. The van der Waals surface area contributed by atoms with Crippen LogP contribution in [0.5, 0.6) is 5.75 Å². The van der Waals surface area contributed by atoms with Crippen LogP contribution in [0.4, 0.5) is 8.78 Å². The maximum atomic E-state index is 13.9. The number of imidazole rings is 1. The van der Waals surface area contributed by atoms with Gasteiger partial charge in [0.15, 0.2) is 11.6 Å². The van der Waals surface area contributed by atoms with Gasteiger partial charge in [0.25, 0.3) is 5.91 Å². The second kappa shape index (κ2) is 9.55. The molecule has 35 heavy (non-hydrogen) atoms. The van der Waals surface area contributed by atoms with Crippen molar-refractivity contribution in [3.05, 3.63) is 84.1 Å². The molecular weight excluding hydrogens is 450 g/mol. The zero-order chi connectivity index (χ0) is 24.4. The van der Waals surface area contributed by atoms with Crippen LogP contribution in [-0.2, 0) is 11.4 Å². The van der Waals surface area contributed by atoms with E-state index in [0.717, 1.165) is 41.5 Å². The van der Waals surface area contributed by atoms with E-state index in [0.29, 0.717) is 12.3 Å². The number of carbonyl (C=O) groups excluding carboxylic acids is 1. The van der Waals surface area contributed by atoms with E-state index in [9.17, 15) is 13.6 Å². The van der Waals surface area contributed by atoms with Crippen LogP contribution in [0.3, 0.4) is 0 Å². The van der Waals surface area contributed by atoms with E-state index < -0.39 is 11.6 Å². The predicted molar refractivity (Wildman–Crippen MR) is 126 cm³/mol. The molecule has 1 atom stereocenters. The second-order valence-electron chi connectivity index (χ2n) is 8.21. The molecule has 2 aromatic heterocycles. The van der Waals surface area contributed by atoms with Crippen molar-refractivity contribution in [1.82, 2.24) is 19.3 Å². The lowest BCUT2D eigenvalue weighted by molar-refractivity contribution is -0.126. The molecule has 3 heterocycles. The van der Waals surface area contributed by atoms with Gasteiger partial charge in [-0.25, -0.2) is 13.8 Å². The van der Waals surface area contributed by atoms with E-state index in [-0.39, 0.29) is 24.1 Å². The number of fused-ring (bicyclic) bond motifs is 1. The Balaban J connectivity index is 1.43. The number of carbonyl (C=O) groups is 1. The predicted octanol–water partition coefficient (Wildman–Crippen LogP) is 4.94. The SMILES string of the molecule is CC#CC(=O)N1CCC[C@H]1c1nc(-c2ccc(OCc3cccc(F)c3F)cc2)c2cnccn12. The van der Waals surface area contributed by atoms with Gasteiger partial charge in [-0.2, -0.15) is 0 Å². The third-order valence-corrected chi connectivity index (χ3v) is 6.07. The molecule has 2 aromatic carbocycles. The highest BCUT2D eigenvalue weighted by molar-refractivity contribution is 5.94. The fourth-order valence-electron chi connectivity index (χ4n) is 4.40. The van der Waals surface area contributed by atoms with Crippen molar-refractivity contribution >= 4 is 11.4 Å². The summed E-state index contributed by atoms with van der Waals surface area (Å²) in [6.07, 6.45) is 6.97. The van der Waals surface area contributed by atoms with Crippen molar-refractivity contribution in [3.8, 4) is 28.8 Å². The minimum Gasteiger partial charge on any atom is -0.489 e. The van der Waals surface area contributed by atoms with Gasteiger partial charge in [0, 0.05) is 30.1 Å². The summed E-state index contributed by atoms with van der Waals surface area (Å²) in [5, 5.41) is 0. The Morgan fingerprint density at radius 2 is 2.03 bits per heavy atom. The molecule has 1 aliphatic heterocycles. The molecule has 8 heteroatoms. The minimum atomic E-state index is -0.905. The normalized spacial score (nSPS) is 15.2. The molecule has 1 amide bonds. The Morgan fingerprint density at radius 3 is 2.83 bits per heavy atom. The Bertz CT molecular complexity index is 1450. The fraction of sp³-hybridized carbons (Fsp3) is 0.222. The average molecular weight is 472 g/mol. The third-order valence-electron chi connectivity index (χ3n) is 6.07. The topological polar surface area (TPSA) is 59.7 Å². The van der Waals surface area contributed by atoms with Crippen LogP contribution in [0.1, 0.15) is 37.2 Å². The zero-order valence-corrected chi connectivity index (χ0v) is 19.0. The number of hydrogen-bond acceptors (Lipinski definition) is 4. The molecule has 0 unspecified atom stereocenters. The van der Waals surface area contributed by atoms with Crippen LogP contribution >= 0.6 is 0 Å². The molecule has 0 N–H and O–H groups in total. The molecule has 0 aliphatic carbocycles. The number of ether oxygens (including phenoxy) is 1. The molecule has 6 nitrogen and oxygen atoms in total. The number of likely N-dealkylation sites (tertiary alicyclic amines) is 1. The molecule has 1 saturated heterocycles. The number of benzene rings is 2. The van der Waals surface area contributed by atoms with Gasteiger partial charge >= 0.3 is 0 Å². The Morgan fingerprint density at radius 1 is 1.20 bits per heavy atom. The van der Waals surface area contributed by atoms with Gasteiger partial charge in [0.2, 0.25) is 0 Å². The first kappa shape index (κ1) is 22.5. The largest absolute Gasteiger partial charge is 0.489 e. The van der Waals surface area contributed by atoms with Crippen molar-refractivity contribution in [1.29, 1.82) is 0 Å². The molecule has 4 aromatic rings. The molecule has 0 radical (unpaired) electrons. The maximum Gasteiger partial charge on any atom is 0.299 e. The van der Waals surface area contributed by atoms with Crippen LogP contribution in [0.15, 0.2) is 61.1 Å². The monoisotopic (exact) mass is 472 g/mol. The van der Waals surface area contributed by atoms with E-state index in [2.05, 4.69) is 16.8 Å². The lowest BCUT2D eigenvalue weighted by atomic mass is 10.1. The van der Waals surface area contributed by atoms with E-state index in [1.165, 1.54) is 12.1 Å². The summed E-state index contributed by atoms with van der Waals surface area (Å²) in [6.45, 7) is 2.21. The highest BCUT2D eigenvalue weighted by atomic mass is 19.2. The Hall–Kier alpha value is -4.25. The van der Waals surface area contributed by atoms with Crippen LogP contribution < -0.4 is 4.74 Å². The van der Waals surface area contributed by atoms with Crippen LogP contribution in [0, 0.1) is 23.5 Å². The van der Waals surface area contributed by atoms with E-state index in [4.69, 9.17) is 9.72 Å². The molecule has 0 saturated carbocycles. The van der Waals surface area contributed by atoms with Gasteiger partial charge in [-0.3, -0.25) is 14.2 Å². The summed E-state index contributed by atoms with van der Waals surface area (Å²) < 4.78 is 34.9. The summed E-state index contributed by atoms with van der Waals surface area (Å²) >= 11 is 0. The van der Waals surface area contributed by atoms with Crippen molar-refractivity contribution in [2.75, 3.05) is 6.54 Å². The van der Waals surface area contributed by atoms with E-state index in [1.54, 1.807) is 36.4 Å². The minimum absolute atomic E-state index is 0.0867. The summed E-state index contributed by atoms with van der Waals surface area (Å²) in [5.41, 5.74) is 2.54. The first-order valence-corrected chi connectivity index (χ1v) is 11.3. The maximum absolute atomic E-state index is 13.9. The molecule has 1 aliphatic rings. The van der Waals surface area contributed by atoms with Gasteiger partial charge in [-0.05, 0) is 56.0 Å². The van der Waals surface area contributed by atoms with Gasteiger partial charge in [-0.15, -0.1) is 0 Å². The number of amides is 1. The average Bonchev–Trinajstić information content (AvgIpc) is 3.51. The zero-order valence-electron chi connectivity index (χ0n) is 19.0. The Labute approximate surface area is 201 Å². The second-order valence-corrected chi connectivity index (χ2v) is 8.21. The van der Waals surface area contributed by atoms with Crippen molar-refractivity contribution in [3.63, 3.8) is 0 Å². The quantitative estimate of drug-likeness (QED) is 0.386. The molecular formula is C27H22F2N4O2. The highest BCUT2D eigenvalue weighted by Gasteiger charge is 2.33. The number of nitrogens with zero attached hydrogens (tertiary/aromatic N) is 4. The molecule has 1 fully saturated rings. The van der Waals surface area contributed by atoms with Gasteiger partial charge in [0.05, 0.1) is 23.4 Å². The smallest absolute Gasteiger partial charge is 0.299 e. The van der Waals surface area contributed by atoms with Gasteiger partial charge < -0.3 is 9.64 Å². The van der Waals surface area contributed by atoms with Crippen molar-refractivity contribution in [2.45, 2.75) is 32.4 Å². The lowest BCUT2D eigenvalue weighted by Crippen LogP contribution is -2.30. The number of hydrogen-bond donors (Lipinski definition) is 0. The number of rotatable bonds is 5. The highest BCUT2D eigenvalue weighted by Crippen LogP contribution is 2.35. The van der Waals surface area contributed by atoms with E-state index >= 15 is 0 Å². The van der Waals surface area contributed by atoms with Gasteiger partial charge in [-0.1, -0.05) is 18.1 Å². The molecule has 0 bridgehead atoms. The van der Waals surface area contributed by atoms with Crippen LogP contribution in [-0.4, -0.2) is 31.7 Å². The number of aromatic nitrogens is 3. The Kier molecular flexibility index (Phi) is 6.15. The lowest BCUT2D eigenvalue weighted by Gasteiger charge is -2.21. The summed E-state index contributed by atoms with van der Waals surface area (Å²) in [5.74, 6) is 4.61. The van der Waals surface area contributed by atoms with Crippen molar-refractivity contribution in [2.24, 2.45) is 0 Å². The summed E-state index contributed by atoms with van der Waals surface area (Å²) in [7, 11) is 0. The number of halogens is 2. The molecule has 5 rings (SSSR count). The summed E-state index contributed by atoms with van der Waals surface area (Å²) in [6, 6.07) is 11.1. The van der Waals surface area contributed by atoms with E-state index in [1.807, 2.05) is 22.7 Å². The molecule has 176 valence electrons. The first-order chi connectivity index (χ1) is 17.1. The van der Waals surface area contributed by atoms with Gasteiger partial charge in [0.1, 0.15) is 18.2 Å². The van der Waals surface area contributed by atoms with Crippen LogP contribution in [0.25, 0.3) is 16.8 Å². The third kappa shape index (κ3) is 4.33. The molecule has 0 spiro atoms. The van der Waals surface area contributed by atoms with Crippen molar-refractivity contribution < 1.29 is 18.3 Å². The standard InChI is InChI=1S/C27H22F2N4O2/c1-2-5-24(34)32-14-4-8-22(32)27-31-26(23-16-30-13-15-33(23)27)18-9-11-20(12-10-18)35-17-19-6-3-7-21(28)25(19)29/h3,6-7,9-13,15-16,22H,4,8,14,17H2,1H3/t22-/m0/s1. The van der Waals surface area contributed by atoms with Crippen LogP contribution in [0.2, 0.25) is 0 Å². The first-order valence-electron chi connectivity index (χ1n) is 11.3.